The van der Waals surface area contributed by atoms with Gasteiger partial charge in [0, 0.05) is 18.8 Å². The molecular weight excluding hydrogens is 200 g/mol. The Hall–Kier alpha value is -1.06. The second-order valence-corrected chi connectivity index (χ2v) is 4.60. The number of anilines is 1. The van der Waals surface area contributed by atoms with E-state index < -0.39 is 0 Å². The van der Waals surface area contributed by atoms with Crippen LogP contribution in [0.3, 0.4) is 0 Å². The van der Waals surface area contributed by atoms with Gasteiger partial charge in [-0.15, -0.1) is 0 Å². The zero-order valence-corrected chi connectivity index (χ0v) is 9.86. The van der Waals surface area contributed by atoms with Gasteiger partial charge in [0.25, 0.3) is 0 Å². The van der Waals surface area contributed by atoms with Gasteiger partial charge in [-0.05, 0) is 37.8 Å². The molecule has 0 bridgehead atoms. The van der Waals surface area contributed by atoms with Crippen molar-refractivity contribution in [2.45, 2.75) is 19.8 Å². The first-order chi connectivity index (χ1) is 7.79. The molecule has 0 aliphatic carbocycles. The third-order valence-electron chi connectivity index (χ3n) is 3.35. The molecule has 1 heterocycles. The summed E-state index contributed by atoms with van der Waals surface area (Å²) in [5.41, 5.74) is 2.65. The van der Waals surface area contributed by atoms with Crippen LogP contribution in [0, 0.1) is 12.8 Å². The van der Waals surface area contributed by atoms with Crippen molar-refractivity contribution in [2.75, 3.05) is 24.6 Å². The molecule has 1 saturated heterocycles. The van der Waals surface area contributed by atoms with E-state index in [1.165, 1.54) is 24.1 Å². The zero-order chi connectivity index (χ0) is 11.4. The van der Waals surface area contributed by atoms with E-state index in [-0.39, 0.29) is 0 Å². The molecule has 2 rings (SSSR count). The molecule has 0 spiro atoms. The van der Waals surface area contributed by atoms with Gasteiger partial charge in [-0.25, -0.2) is 5.90 Å². The van der Waals surface area contributed by atoms with Crippen LogP contribution in [0.15, 0.2) is 24.3 Å². The molecule has 1 aromatic rings. The summed E-state index contributed by atoms with van der Waals surface area (Å²) in [6.45, 7) is 5.03. The Morgan fingerprint density at radius 3 is 2.44 bits per heavy atom. The molecule has 0 unspecified atom stereocenters. The van der Waals surface area contributed by atoms with Crippen LogP contribution >= 0.6 is 0 Å². The summed E-state index contributed by atoms with van der Waals surface area (Å²) in [7, 11) is 0. The lowest BCUT2D eigenvalue weighted by molar-refractivity contribution is 0.0918. The summed E-state index contributed by atoms with van der Waals surface area (Å²) in [6.07, 6.45) is 2.34. The van der Waals surface area contributed by atoms with Crippen molar-refractivity contribution in [3.63, 3.8) is 0 Å². The molecule has 1 aromatic carbocycles. The van der Waals surface area contributed by atoms with E-state index in [4.69, 9.17) is 10.7 Å². The van der Waals surface area contributed by atoms with Crippen molar-refractivity contribution in [1.82, 2.24) is 0 Å². The fourth-order valence-electron chi connectivity index (χ4n) is 2.25. The Kier molecular flexibility index (Phi) is 3.80. The maximum absolute atomic E-state index is 5.11. The molecule has 3 nitrogen and oxygen atoms in total. The number of benzene rings is 1. The first-order valence-electron chi connectivity index (χ1n) is 5.93. The van der Waals surface area contributed by atoms with Gasteiger partial charge in [0.2, 0.25) is 0 Å². The molecule has 2 N–H and O–H groups in total. The molecule has 1 aliphatic heterocycles. The summed E-state index contributed by atoms with van der Waals surface area (Å²) >= 11 is 0. The van der Waals surface area contributed by atoms with Crippen LogP contribution in [0.25, 0.3) is 0 Å². The topological polar surface area (TPSA) is 38.5 Å². The Balaban J connectivity index is 1.91. The lowest BCUT2D eigenvalue weighted by Crippen LogP contribution is -2.35. The molecule has 1 aliphatic rings. The number of nitrogens with zero attached hydrogens (tertiary/aromatic N) is 1. The van der Waals surface area contributed by atoms with Gasteiger partial charge in [-0.2, -0.15) is 0 Å². The maximum atomic E-state index is 5.11. The van der Waals surface area contributed by atoms with Crippen molar-refractivity contribution in [3.8, 4) is 0 Å². The molecular formula is C13H20N2O. The molecule has 0 radical (unpaired) electrons. The van der Waals surface area contributed by atoms with E-state index in [1.54, 1.807) is 0 Å². The van der Waals surface area contributed by atoms with Gasteiger partial charge in [-0.3, -0.25) is 0 Å². The highest BCUT2D eigenvalue weighted by Gasteiger charge is 2.19. The van der Waals surface area contributed by atoms with Gasteiger partial charge in [0.1, 0.15) is 0 Å². The molecule has 3 heteroatoms. The van der Waals surface area contributed by atoms with Gasteiger partial charge in [0.15, 0.2) is 0 Å². The summed E-state index contributed by atoms with van der Waals surface area (Å²) < 4.78 is 0. The number of aryl methyl sites for hydroxylation is 1. The zero-order valence-electron chi connectivity index (χ0n) is 9.86. The highest BCUT2D eigenvalue weighted by Crippen LogP contribution is 2.23. The normalized spacial score (nSPS) is 17.8. The van der Waals surface area contributed by atoms with E-state index in [2.05, 4.69) is 36.1 Å². The second kappa shape index (κ2) is 5.32. The Morgan fingerprint density at radius 2 is 1.88 bits per heavy atom. The minimum atomic E-state index is 0.631. The van der Waals surface area contributed by atoms with Gasteiger partial charge < -0.3 is 9.74 Å². The minimum Gasteiger partial charge on any atom is -0.372 e. The second-order valence-electron chi connectivity index (χ2n) is 4.60. The molecule has 16 heavy (non-hydrogen) atoms. The van der Waals surface area contributed by atoms with Crippen LogP contribution in [0.2, 0.25) is 0 Å². The smallest absolute Gasteiger partial charge is 0.0708 e. The van der Waals surface area contributed by atoms with Crippen molar-refractivity contribution in [2.24, 2.45) is 11.8 Å². The molecule has 0 saturated carbocycles. The van der Waals surface area contributed by atoms with Crippen LogP contribution in [0.5, 0.6) is 0 Å². The number of hydrogen-bond acceptors (Lipinski definition) is 3. The quantitative estimate of drug-likeness (QED) is 0.793. The fourth-order valence-corrected chi connectivity index (χ4v) is 2.25. The fraction of sp³-hybridized carbons (Fsp3) is 0.538. The highest BCUT2D eigenvalue weighted by atomic mass is 16.6. The summed E-state index contributed by atoms with van der Waals surface area (Å²) in [4.78, 5) is 7.16. The van der Waals surface area contributed by atoms with Crippen molar-refractivity contribution in [1.29, 1.82) is 0 Å². The first-order valence-corrected chi connectivity index (χ1v) is 5.93. The van der Waals surface area contributed by atoms with E-state index in [0.29, 0.717) is 12.5 Å². The summed E-state index contributed by atoms with van der Waals surface area (Å²) in [5.74, 6) is 5.74. The van der Waals surface area contributed by atoms with Crippen LogP contribution in [0.1, 0.15) is 18.4 Å². The number of rotatable bonds is 3. The average Bonchev–Trinajstić information content (AvgIpc) is 2.32. The van der Waals surface area contributed by atoms with E-state index in [0.717, 1.165) is 13.1 Å². The SMILES string of the molecule is Cc1ccc(N2CCC(CON)CC2)cc1. The Morgan fingerprint density at radius 1 is 1.25 bits per heavy atom. The van der Waals surface area contributed by atoms with Crippen LogP contribution in [0.4, 0.5) is 5.69 Å². The third kappa shape index (κ3) is 2.74. The molecule has 0 aromatic heterocycles. The van der Waals surface area contributed by atoms with Crippen LogP contribution in [-0.2, 0) is 4.84 Å². The first kappa shape index (κ1) is 11.4. The van der Waals surface area contributed by atoms with Crippen LogP contribution < -0.4 is 10.8 Å². The van der Waals surface area contributed by atoms with E-state index >= 15 is 0 Å². The largest absolute Gasteiger partial charge is 0.372 e. The average molecular weight is 220 g/mol. The Labute approximate surface area is 97.1 Å². The van der Waals surface area contributed by atoms with Crippen LogP contribution in [-0.4, -0.2) is 19.7 Å². The van der Waals surface area contributed by atoms with Gasteiger partial charge in [0.05, 0.1) is 6.61 Å². The number of nitrogens with two attached hydrogens (primary N) is 1. The molecule has 88 valence electrons. The predicted molar refractivity (Wildman–Crippen MR) is 66.3 cm³/mol. The van der Waals surface area contributed by atoms with Crippen molar-refractivity contribution < 1.29 is 4.84 Å². The monoisotopic (exact) mass is 220 g/mol. The Bertz CT molecular complexity index is 315. The van der Waals surface area contributed by atoms with E-state index in [1.807, 2.05) is 0 Å². The minimum absolute atomic E-state index is 0.631. The van der Waals surface area contributed by atoms with Crippen molar-refractivity contribution >= 4 is 5.69 Å². The predicted octanol–water partition coefficient (Wildman–Crippen LogP) is 2.10. The lowest BCUT2D eigenvalue weighted by Gasteiger charge is -2.33. The number of hydrogen-bond donors (Lipinski definition) is 1. The number of piperidine rings is 1. The van der Waals surface area contributed by atoms with Gasteiger partial charge >= 0.3 is 0 Å². The molecule has 0 amide bonds. The lowest BCUT2D eigenvalue weighted by atomic mass is 9.97. The summed E-state index contributed by atoms with van der Waals surface area (Å²) in [6, 6.07) is 8.75. The highest BCUT2D eigenvalue weighted by molar-refractivity contribution is 5.47. The van der Waals surface area contributed by atoms with Crippen molar-refractivity contribution in [3.05, 3.63) is 29.8 Å². The summed E-state index contributed by atoms with van der Waals surface area (Å²) in [5, 5.41) is 0. The maximum Gasteiger partial charge on any atom is 0.0708 e. The third-order valence-corrected chi connectivity index (χ3v) is 3.35. The van der Waals surface area contributed by atoms with E-state index in [9.17, 15) is 0 Å². The van der Waals surface area contributed by atoms with Gasteiger partial charge in [-0.1, -0.05) is 17.7 Å². The molecule has 0 atom stereocenters. The molecule has 1 fully saturated rings. The standard InChI is InChI=1S/C13H20N2O/c1-11-2-4-13(5-3-11)15-8-6-12(7-9-15)10-16-14/h2-5,12H,6-10,14H2,1H3.